The number of carbonyl (C=O) groups excluding carboxylic acids is 1. The van der Waals surface area contributed by atoms with Gasteiger partial charge < -0.3 is 10.1 Å². The maximum absolute atomic E-state index is 12.6. The molecule has 0 radical (unpaired) electrons. The van der Waals surface area contributed by atoms with Crippen molar-refractivity contribution in [3.8, 4) is 5.75 Å². The summed E-state index contributed by atoms with van der Waals surface area (Å²) in [5.41, 5.74) is 2.37. The summed E-state index contributed by atoms with van der Waals surface area (Å²) in [5, 5.41) is 2.85. The summed E-state index contributed by atoms with van der Waals surface area (Å²) in [7, 11) is -3.71. The molecule has 1 atom stereocenters. The molecule has 0 fully saturated rings. The summed E-state index contributed by atoms with van der Waals surface area (Å²) in [6.07, 6.45) is 1.90. The van der Waals surface area contributed by atoms with Crippen LogP contribution in [0.1, 0.15) is 37.8 Å². The normalized spacial score (nSPS) is 12.3. The molecule has 0 aliphatic heterocycles. The molecule has 2 N–H and O–H groups in total. The van der Waals surface area contributed by atoms with Crippen molar-refractivity contribution in [1.82, 2.24) is 5.32 Å². The number of amides is 1. The molecule has 0 heterocycles. The first-order valence-corrected chi connectivity index (χ1v) is 10.8. The Kier molecular flexibility index (Phi) is 7.45. The van der Waals surface area contributed by atoms with Crippen molar-refractivity contribution < 1.29 is 17.9 Å². The highest BCUT2D eigenvalue weighted by Crippen LogP contribution is 2.22. The van der Waals surface area contributed by atoms with Crippen molar-refractivity contribution in [3.05, 3.63) is 53.6 Å². The molecule has 0 bridgehead atoms. The zero-order valence-electron chi connectivity index (χ0n) is 16.8. The van der Waals surface area contributed by atoms with Gasteiger partial charge in [-0.2, -0.15) is 0 Å². The fourth-order valence-electron chi connectivity index (χ4n) is 2.74. The van der Waals surface area contributed by atoms with Crippen LogP contribution in [0.2, 0.25) is 0 Å². The number of hydrogen-bond acceptors (Lipinski definition) is 4. The van der Waals surface area contributed by atoms with Gasteiger partial charge in [-0.25, -0.2) is 8.42 Å². The van der Waals surface area contributed by atoms with Crippen LogP contribution in [0, 0.1) is 13.8 Å². The van der Waals surface area contributed by atoms with Crippen molar-refractivity contribution in [2.75, 3.05) is 11.3 Å². The standard InChI is InChI=1S/C21H28N2O4S/c1-5-6-17(4)22-21(24)14-27-18-9-11-19(12-10-18)28(25,26)23-20-13-15(2)7-8-16(20)3/h7-13,17,23H,5-6,14H2,1-4H3,(H,22,24)/t17-/m1/s1. The lowest BCUT2D eigenvalue weighted by Crippen LogP contribution is -2.35. The van der Waals surface area contributed by atoms with E-state index >= 15 is 0 Å². The minimum Gasteiger partial charge on any atom is -0.484 e. The van der Waals surface area contributed by atoms with Crippen LogP contribution < -0.4 is 14.8 Å². The number of rotatable bonds is 9. The third-order valence-corrected chi connectivity index (χ3v) is 5.65. The van der Waals surface area contributed by atoms with Crippen LogP contribution in [-0.4, -0.2) is 27.0 Å². The first-order chi connectivity index (χ1) is 13.2. The van der Waals surface area contributed by atoms with Crippen LogP contribution in [0.3, 0.4) is 0 Å². The van der Waals surface area contributed by atoms with E-state index in [1.54, 1.807) is 18.2 Å². The smallest absolute Gasteiger partial charge is 0.261 e. The molecule has 7 heteroatoms. The van der Waals surface area contributed by atoms with Crippen molar-refractivity contribution >= 4 is 21.6 Å². The second-order valence-electron chi connectivity index (χ2n) is 6.94. The highest BCUT2D eigenvalue weighted by atomic mass is 32.2. The highest BCUT2D eigenvalue weighted by molar-refractivity contribution is 7.92. The molecular weight excluding hydrogens is 376 g/mol. The van der Waals surface area contributed by atoms with Gasteiger partial charge in [0.1, 0.15) is 5.75 Å². The Bertz CT molecular complexity index is 909. The van der Waals surface area contributed by atoms with Gasteiger partial charge in [0, 0.05) is 6.04 Å². The zero-order chi connectivity index (χ0) is 20.7. The van der Waals surface area contributed by atoms with E-state index in [9.17, 15) is 13.2 Å². The summed E-state index contributed by atoms with van der Waals surface area (Å²) in [5.74, 6) is 0.234. The molecule has 28 heavy (non-hydrogen) atoms. The SMILES string of the molecule is CCC[C@@H](C)NC(=O)COc1ccc(S(=O)(=O)Nc2cc(C)ccc2C)cc1. The van der Waals surface area contributed by atoms with E-state index < -0.39 is 10.0 Å². The Morgan fingerprint density at radius 2 is 1.79 bits per heavy atom. The number of benzene rings is 2. The number of ether oxygens (including phenoxy) is 1. The van der Waals surface area contributed by atoms with Gasteiger partial charge in [0.05, 0.1) is 10.6 Å². The van der Waals surface area contributed by atoms with E-state index in [0.717, 1.165) is 24.0 Å². The maximum atomic E-state index is 12.6. The second kappa shape index (κ2) is 9.59. The van der Waals surface area contributed by atoms with Gasteiger partial charge in [-0.3, -0.25) is 9.52 Å². The quantitative estimate of drug-likeness (QED) is 0.666. The monoisotopic (exact) mass is 404 g/mol. The lowest BCUT2D eigenvalue weighted by molar-refractivity contribution is -0.123. The van der Waals surface area contributed by atoms with Crippen LogP contribution >= 0.6 is 0 Å². The van der Waals surface area contributed by atoms with Gasteiger partial charge in [0.2, 0.25) is 0 Å². The second-order valence-corrected chi connectivity index (χ2v) is 8.62. The Labute approximate surface area is 167 Å². The third kappa shape index (κ3) is 6.27. The molecule has 0 unspecified atom stereocenters. The van der Waals surface area contributed by atoms with Crippen molar-refractivity contribution in [2.24, 2.45) is 0 Å². The predicted octanol–water partition coefficient (Wildman–Crippen LogP) is 3.79. The lowest BCUT2D eigenvalue weighted by Gasteiger charge is -2.14. The summed E-state index contributed by atoms with van der Waals surface area (Å²) in [4.78, 5) is 12.0. The summed E-state index contributed by atoms with van der Waals surface area (Å²) in [6.45, 7) is 7.65. The summed E-state index contributed by atoms with van der Waals surface area (Å²) >= 11 is 0. The number of anilines is 1. The van der Waals surface area contributed by atoms with Gasteiger partial charge in [-0.1, -0.05) is 25.5 Å². The number of aryl methyl sites for hydroxylation is 2. The molecule has 152 valence electrons. The van der Waals surface area contributed by atoms with Gasteiger partial charge >= 0.3 is 0 Å². The molecular formula is C21H28N2O4S. The largest absolute Gasteiger partial charge is 0.484 e. The van der Waals surface area contributed by atoms with Crippen LogP contribution in [0.5, 0.6) is 5.75 Å². The molecule has 0 aliphatic carbocycles. The molecule has 0 spiro atoms. The van der Waals surface area contributed by atoms with E-state index in [0.29, 0.717) is 11.4 Å². The molecule has 2 aromatic carbocycles. The summed E-state index contributed by atoms with van der Waals surface area (Å²) in [6, 6.07) is 11.7. The van der Waals surface area contributed by atoms with Gasteiger partial charge in [-0.15, -0.1) is 0 Å². The van der Waals surface area contributed by atoms with Crippen LogP contribution in [0.25, 0.3) is 0 Å². The molecule has 6 nitrogen and oxygen atoms in total. The fourth-order valence-corrected chi connectivity index (χ4v) is 3.86. The van der Waals surface area contributed by atoms with Crippen molar-refractivity contribution in [3.63, 3.8) is 0 Å². The predicted molar refractivity (Wildman–Crippen MR) is 111 cm³/mol. The number of carbonyl (C=O) groups is 1. The first kappa shape index (κ1) is 21.8. The van der Waals surface area contributed by atoms with Gasteiger partial charge in [0.15, 0.2) is 6.61 Å². The van der Waals surface area contributed by atoms with E-state index in [4.69, 9.17) is 4.74 Å². The first-order valence-electron chi connectivity index (χ1n) is 9.33. The molecule has 0 saturated heterocycles. The Morgan fingerprint density at radius 1 is 1.11 bits per heavy atom. The van der Waals surface area contributed by atoms with Crippen LogP contribution in [0.15, 0.2) is 47.4 Å². The van der Waals surface area contributed by atoms with E-state index in [1.807, 2.05) is 32.9 Å². The number of sulfonamides is 1. The molecule has 2 rings (SSSR count). The third-order valence-electron chi connectivity index (χ3n) is 4.27. The Balaban J connectivity index is 1.99. The number of hydrogen-bond donors (Lipinski definition) is 2. The van der Waals surface area contributed by atoms with Gasteiger partial charge in [-0.05, 0) is 68.7 Å². The van der Waals surface area contributed by atoms with Gasteiger partial charge in [0.25, 0.3) is 15.9 Å². The molecule has 2 aromatic rings. The van der Waals surface area contributed by atoms with Crippen LogP contribution in [0.4, 0.5) is 5.69 Å². The molecule has 0 aliphatic rings. The summed E-state index contributed by atoms with van der Waals surface area (Å²) < 4.78 is 33.3. The molecule has 1 amide bonds. The fraction of sp³-hybridized carbons (Fsp3) is 0.381. The average molecular weight is 405 g/mol. The topological polar surface area (TPSA) is 84.5 Å². The molecule has 0 saturated carbocycles. The van der Waals surface area contributed by atoms with E-state index in [2.05, 4.69) is 17.0 Å². The minimum atomic E-state index is -3.71. The van der Waals surface area contributed by atoms with E-state index in [-0.39, 0.29) is 23.5 Å². The Hall–Kier alpha value is -2.54. The highest BCUT2D eigenvalue weighted by Gasteiger charge is 2.16. The van der Waals surface area contributed by atoms with E-state index in [1.165, 1.54) is 12.1 Å². The zero-order valence-corrected chi connectivity index (χ0v) is 17.6. The average Bonchev–Trinajstić information content (AvgIpc) is 2.63. The van der Waals surface area contributed by atoms with Crippen molar-refractivity contribution in [2.45, 2.75) is 51.5 Å². The maximum Gasteiger partial charge on any atom is 0.261 e. The van der Waals surface area contributed by atoms with Crippen LogP contribution in [-0.2, 0) is 14.8 Å². The number of nitrogens with one attached hydrogen (secondary N) is 2. The van der Waals surface area contributed by atoms with Crippen molar-refractivity contribution in [1.29, 1.82) is 0 Å². The minimum absolute atomic E-state index is 0.102. The molecule has 0 aromatic heterocycles. The Morgan fingerprint density at radius 3 is 2.43 bits per heavy atom. The lowest BCUT2D eigenvalue weighted by atomic mass is 10.1.